The van der Waals surface area contributed by atoms with Crippen LogP contribution in [0.5, 0.6) is 0 Å². The van der Waals surface area contributed by atoms with Gasteiger partial charge in [-0.25, -0.2) is 0 Å². The van der Waals surface area contributed by atoms with Gasteiger partial charge in [0.1, 0.15) is 0 Å². The molecular weight excluding hydrogens is 208 g/mol. The highest BCUT2D eigenvalue weighted by atomic mass is 15.1. The summed E-state index contributed by atoms with van der Waals surface area (Å²) in [5.41, 5.74) is 8.42. The van der Waals surface area contributed by atoms with E-state index in [2.05, 4.69) is 56.9 Å². The first-order chi connectivity index (χ1) is 8.04. The highest BCUT2D eigenvalue weighted by Gasteiger charge is 2.13. The number of hydrogen-bond donors (Lipinski definition) is 1. The molecule has 0 spiro atoms. The van der Waals surface area contributed by atoms with Gasteiger partial charge < -0.3 is 5.73 Å². The molecule has 0 bridgehead atoms. The number of benzene rings is 1. The van der Waals surface area contributed by atoms with E-state index < -0.39 is 0 Å². The van der Waals surface area contributed by atoms with Crippen LogP contribution >= 0.6 is 0 Å². The van der Waals surface area contributed by atoms with Crippen molar-refractivity contribution >= 4 is 0 Å². The van der Waals surface area contributed by atoms with Crippen LogP contribution in [0, 0.1) is 5.92 Å². The van der Waals surface area contributed by atoms with Crippen LogP contribution in [-0.2, 0) is 13.1 Å². The van der Waals surface area contributed by atoms with Gasteiger partial charge in [0.05, 0.1) is 0 Å². The molecule has 17 heavy (non-hydrogen) atoms. The molecule has 0 aromatic heterocycles. The lowest BCUT2D eigenvalue weighted by Gasteiger charge is -2.29. The molecule has 0 fully saturated rings. The number of hydrogen-bond acceptors (Lipinski definition) is 2. The number of rotatable bonds is 6. The fourth-order valence-corrected chi connectivity index (χ4v) is 2.06. The summed E-state index contributed by atoms with van der Waals surface area (Å²) in [7, 11) is 0. The molecule has 0 amide bonds. The Labute approximate surface area is 106 Å². The highest BCUT2D eigenvalue weighted by Crippen LogP contribution is 2.14. The Bertz CT molecular complexity index is 331. The van der Waals surface area contributed by atoms with Gasteiger partial charge >= 0.3 is 0 Å². The fraction of sp³-hybridized carbons (Fsp3) is 0.600. The maximum atomic E-state index is 5.79. The zero-order valence-corrected chi connectivity index (χ0v) is 11.6. The second-order valence-electron chi connectivity index (χ2n) is 5.39. The van der Waals surface area contributed by atoms with E-state index in [-0.39, 0.29) is 0 Å². The number of nitrogens with zero attached hydrogens (tertiary/aromatic N) is 1. The Morgan fingerprint density at radius 2 is 1.65 bits per heavy atom. The van der Waals surface area contributed by atoms with Gasteiger partial charge in [0.2, 0.25) is 0 Å². The van der Waals surface area contributed by atoms with Gasteiger partial charge in [-0.1, -0.05) is 38.1 Å². The molecule has 2 nitrogen and oxygen atoms in total. The summed E-state index contributed by atoms with van der Waals surface area (Å²) in [6.07, 6.45) is 0. The van der Waals surface area contributed by atoms with Crippen molar-refractivity contribution < 1.29 is 0 Å². The second kappa shape index (κ2) is 6.77. The van der Waals surface area contributed by atoms with Gasteiger partial charge in [0.15, 0.2) is 0 Å². The van der Waals surface area contributed by atoms with E-state index in [0.29, 0.717) is 18.5 Å². The summed E-state index contributed by atoms with van der Waals surface area (Å²) in [5, 5.41) is 0. The first-order valence-electron chi connectivity index (χ1n) is 6.55. The van der Waals surface area contributed by atoms with Gasteiger partial charge in [-0.3, -0.25) is 4.90 Å². The standard InChI is InChI=1S/C15H26N2/c1-12(2)10-17(13(3)4)11-15-8-6-5-7-14(15)9-16/h5-8,12-13H,9-11,16H2,1-4H3. The van der Waals surface area contributed by atoms with Gasteiger partial charge in [-0.2, -0.15) is 0 Å². The van der Waals surface area contributed by atoms with Crippen LogP contribution in [-0.4, -0.2) is 17.5 Å². The van der Waals surface area contributed by atoms with Gasteiger partial charge in [0, 0.05) is 25.7 Å². The molecule has 96 valence electrons. The van der Waals surface area contributed by atoms with E-state index in [4.69, 9.17) is 5.73 Å². The first-order valence-corrected chi connectivity index (χ1v) is 6.55. The summed E-state index contributed by atoms with van der Waals surface area (Å²) in [6.45, 7) is 11.8. The Hall–Kier alpha value is -0.860. The minimum absolute atomic E-state index is 0.572. The maximum absolute atomic E-state index is 5.79. The molecular formula is C15H26N2. The van der Waals surface area contributed by atoms with Crippen molar-refractivity contribution in [3.05, 3.63) is 35.4 Å². The molecule has 0 aliphatic rings. The Kier molecular flexibility index (Phi) is 5.66. The zero-order chi connectivity index (χ0) is 12.8. The van der Waals surface area contributed by atoms with Crippen molar-refractivity contribution in [3.8, 4) is 0 Å². The van der Waals surface area contributed by atoms with Gasteiger partial charge in [-0.15, -0.1) is 0 Å². The summed E-state index contributed by atoms with van der Waals surface area (Å²) >= 11 is 0. The SMILES string of the molecule is CC(C)CN(Cc1ccccc1CN)C(C)C. The second-order valence-corrected chi connectivity index (χ2v) is 5.39. The van der Waals surface area contributed by atoms with Crippen LogP contribution in [0.15, 0.2) is 24.3 Å². The van der Waals surface area contributed by atoms with Crippen LogP contribution < -0.4 is 5.73 Å². The summed E-state index contributed by atoms with van der Waals surface area (Å²) in [4.78, 5) is 2.51. The monoisotopic (exact) mass is 234 g/mol. The third-order valence-corrected chi connectivity index (χ3v) is 3.04. The molecule has 0 aliphatic carbocycles. The van der Waals surface area contributed by atoms with Crippen LogP contribution in [0.3, 0.4) is 0 Å². The average Bonchev–Trinajstić information content (AvgIpc) is 2.28. The zero-order valence-electron chi connectivity index (χ0n) is 11.6. The summed E-state index contributed by atoms with van der Waals surface area (Å²) in [5.74, 6) is 0.697. The Morgan fingerprint density at radius 3 is 2.12 bits per heavy atom. The Morgan fingerprint density at radius 1 is 1.06 bits per heavy atom. The molecule has 0 atom stereocenters. The molecule has 0 heterocycles. The summed E-state index contributed by atoms with van der Waals surface area (Å²) < 4.78 is 0. The van der Waals surface area contributed by atoms with E-state index in [1.54, 1.807) is 0 Å². The Balaban J connectivity index is 2.78. The lowest BCUT2D eigenvalue weighted by molar-refractivity contribution is 0.188. The predicted molar refractivity (Wildman–Crippen MR) is 74.7 cm³/mol. The maximum Gasteiger partial charge on any atom is 0.0239 e. The minimum atomic E-state index is 0.572. The van der Waals surface area contributed by atoms with Crippen LogP contribution in [0.25, 0.3) is 0 Å². The predicted octanol–water partition coefficient (Wildman–Crippen LogP) is 3.01. The van der Waals surface area contributed by atoms with Crippen molar-refractivity contribution in [3.63, 3.8) is 0 Å². The average molecular weight is 234 g/mol. The van der Waals surface area contributed by atoms with Crippen LogP contribution in [0.2, 0.25) is 0 Å². The smallest absolute Gasteiger partial charge is 0.0239 e. The van der Waals surface area contributed by atoms with Gasteiger partial charge in [0.25, 0.3) is 0 Å². The van der Waals surface area contributed by atoms with Crippen molar-refractivity contribution in [2.45, 2.75) is 46.8 Å². The molecule has 2 heteroatoms. The molecule has 2 N–H and O–H groups in total. The molecule has 1 aromatic rings. The molecule has 1 aromatic carbocycles. The highest BCUT2D eigenvalue weighted by molar-refractivity contribution is 5.26. The molecule has 0 radical (unpaired) electrons. The molecule has 0 saturated carbocycles. The van der Waals surface area contributed by atoms with E-state index >= 15 is 0 Å². The van der Waals surface area contributed by atoms with Crippen molar-refractivity contribution in [1.29, 1.82) is 0 Å². The lowest BCUT2D eigenvalue weighted by atomic mass is 10.1. The normalized spacial score (nSPS) is 11.8. The third-order valence-electron chi connectivity index (χ3n) is 3.04. The number of nitrogens with two attached hydrogens (primary N) is 1. The van der Waals surface area contributed by atoms with Crippen LogP contribution in [0.4, 0.5) is 0 Å². The largest absolute Gasteiger partial charge is 0.326 e. The van der Waals surface area contributed by atoms with Gasteiger partial charge in [-0.05, 0) is 30.9 Å². The van der Waals surface area contributed by atoms with E-state index in [1.165, 1.54) is 11.1 Å². The van der Waals surface area contributed by atoms with Crippen molar-refractivity contribution in [1.82, 2.24) is 4.90 Å². The third kappa shape index (κ3) is 4.49. The van der Waals surface area contributed by atoms with E-state index in [0.717, 1.165) is 13.1 Å². The summed E-state index contributed by atoms with van der Waals surface area (Å²) in [6, 6.07) is 9.06. The molecule has 0 unspecified atom stereocenters. The lowest BCUT2D eigenvalue weighted by Crippen LogP contribution is -2.34. The quantitative estimate of drug-likeness (QED) is 0.820. The van der Waals surface area contributed by atoms with Crippen molar-refractivity contribution in [2.24, 2.45) is 11.7 Å². The molecule has 0 saturated heterocycles. The fourth-order valence-electron chi connectivity index (χ4n) is 2.06. The van der Waals surface area contributed by atoms with Crippen LogP contribution in [0.1, 0.15) is 38.8 Å². The van der Waals surface area contributed by atoms with E-state index in [9.17, 15) is 0 Å². The van der Waals surface area contributed by atoms with E-state index in [1.807, 2.05) is 0 Å². The van der Waals surface area contributed by atoms with Crippen molar-refractivity contribution in [2.75, 3.05) is 6.54 Å². The molecule has 1 rings (SSSR count). The first kappa shape index (κ1) is 14.2. The molecule has 0 aliphatic heterocycles. The minimum Gasteiger partial charge on any atom is -0.326 e. The topological polar surface area (TPSA) is 29.3 Å².